The average molecular weight is 331 g/mol. The fourth-order valence-corrected chi connectivity index (χ4v) is 2.92. The molecule has 8 heteroatoms. The zero-order valence-corrected chi connectivity index (χ0v) is 13.0. The van der Waals surface area contributed by atoms with Crippen LogP contribution in [0.15, 0.2) is 34.9 Å². The van der Waals surface area contributed by atoms with Crippen LogP contribution < -0.4 is 10.5 Å². The first-order valence-electron chi connectivity index (χ1n) is 6.61. The second-order valence-electron chi connectivity index (χ2n) is 4.68. The zero-order valence-electron chi connectivity index (χ0n) is 12.2. The summed E-state index contributed by atoms with van der Waals surface area (Å²) in [4.78, 5) is 12.0. The standard InChI is InChI=1S/C15H13N3O4S/c1-20-15(19)11-5-10(22-18-11)7-21-9-3-2-8-4-13(14(16)17)23-12(8)6-9/h2-6H,7H2,1H3,(H3,16,17). The third kappa shape index (κ3) is 3.16. The molecule has 0 aliphatic rings. The van der Waals surface area contributed by atoms with Crippen LogP contribution in [0.3, 0.4) is 0 Å². The molecular weight excluding hydrogens is 318 g/mol. The van der Waals surface area contributed by atoms with Crippen molar-refractivity contribution in [2.24, 2.45) is 5.73 Å². The Morgan fingerprint density at radius 3 is 2.96 bits per heavy atom. The number of methoxy groups -OCH3 is 1. The Labute approximate surface area is 135 Å². The van der Waals surface area contributed by atoms with Crippen molar-refractivity contribution in [2.75, 3.05) is 7.11 Å². The Morgan fingerprint density at radius 2 is 2.22 bits per heavy atom. The lowest BCUT2D eigenvalue weighted by molar-refractivity contribution is 0.0589. The molecule has 3 N–H and O–H groups in total. The molecule has 118 valence electrons. The number of hydrogen-bond acceptors (Lipinski definition) is 7. The third-order valence-corrected chi connectivity index (χ3v) is 4.22. The van der Waals surface area contributed by atoms with Crippen LogP contribution in [0.25, 0.3) is 10.1 Å². The highest BCUT2D eigenvalue weighted by Crippen LogP contribution is 2.29. The van der Waals surface area contributed by atoms with E-state index in [1.807, 2.05) is 24.3 Å². The van der Waals surface area contributed by atoms with Crippen molar-refractivity contribution in [2.45, 2.75) is 6.61 Å². The third-order valence-electron chi connectivity index (χ3n) is 3.09. The van der Waals surface area contributed by atoms with Crippen molar-refractivity contribution >= 4 is 33.2 Å². The first kappa shape index (κ1) is 15.0. The molecule has 0 bridgehead atoms. The van der Waals surface area contributed by atoms with Gasteiger partial charge in [-0.3, -0.25) is 5.41 Å². The SMILES string of the molecule is COC(=O)c1cc(COc2ccc3cc(C(=N)N)sc3c2)on1. The molecule has 1 aromatic carbocycles. The number of carbonyl (C=O) groups is 1. The van der Waals surface area contributed by atoms with Gasteiger partial charge < -0.3 is 19.7 Å². The zero-order chi connectivity index (χ0) is 16.4. The molecule has 0 spiro atoms. The van der Waals surface area contributed by atoms with Crippen LogP contribution in [-0.4, -0.2) is 24.1 Å². The summed E-state index contributed by atoms with van der Waals surface area (Å²) >= 11 is 1.43. The van der Waals surface area contributed by atoms with Gasteiger partial charge in [0.2, 0.25) is 0 Å². The van der Waals surface area contributed by atoms with Gasteiger partial charge in [-0.05, 0) is 29.7 Å². The highest BCUT2D eigenvalue weighted by molar-refractivity contribution is 7.20. The Kier molecular flexibility index (Phi) is 3.98. The Hall–Kier alpha value is -2.87. The number of aromatic nitrogens is 1. The normalized spacial score (nSPS) is 10.7. The molecule has 0 unspecified atom stereocenters. The van der Waals surface area contributed by atoms with Crippen LogP contribution in [0, 0.1) is 5.41 Å². The van der Waals surface area contributed by atoms with E-state index in [0.29, 0.717) is 11.5 Å². The highest BCUT2D eigenvalue weighted by atomic mass is 32.1. The van der Waals surface area contributed by atoms with E-state index in [4.69, 9.17) is 20.4 Å². The number of nitrogens with zero attached hydrogens (tertiary/aromatic N) is 1. The van der Waals surface area contributed by atoms with Crippen molar-refractivity contribution in [1.29, 1.82) is 5.41 Å². The van der Waals surface area contributed by atoms with Crippen LogP contribution >= 0.6 is 11.3 Å². The van der Waals surface area contributed by atoms with Gasteiger partial charge in [0, 0.05) is 10.8 Å². The van der Waals surface area contributed by atoms with Gasteiger partial charge in [0.05, 0.1) is 12.0 Å². The minimum Gasteiger partial charge on any atom is -0.485 e. The van der Waals surface area contributed by atoms with Gasteiger partial charge in [-0.25, -0.2) is 4.79 Å². The molecule has 0 fully saturated rings. The van der Waals surface area contributed by atoms with Crippen molar-refractivity contribution in [3.63, 3.8) is 0 Å². The molecule has 0 saturated heterocycles. The quantitative estimate of drug-likeness (QED) is 0.422. The summed E-state index contributed by atoms with van der Waals surface area (Å²) in [6, 6.07) is 8.92. The summed E-state index contributed by atoms with van der Waals surface area (Å²) in [5.41, 5.74) is 5.60. The monoisotopic (exact) mass is 331 g/mol. The molecule has 0 saturated carbocycles. The minimum absolute atomic E-state index is 0.0469. The lowest BCUT2D eigenvalue weighted by Crippen LogP contribution is -2.08. The second kappa shape index (κ2) is 6.09. The number of amidine groups is 1. The van der Waals surface area contributed by atoms with Crippen molar-refractivity contribution in [1.82, 2.24) is 5.16 Å². The van der Waals surface area contributed by atoms with E-state index < -0.39 is 5.97 Å². The number of hydrogen-bond donors (Lipinski definition) is 2. The van der Waals surface area contributed by atoms with Crippen LogP contribution in [0.2, 0.25) is 0 Å². The maximum atomic E-state index is 11.3. The van der Waals surface area contributed by atoms with Gasteiger partial charge in [0.1, 0.15) is 18.2 Å². The van der Waals surface area contributed by atoms with Crippen LogP contribution in [-0.2, 0) is 11.3 Å². The second-order valence-corrected chi connectivity index (χ2v) is 5.77. The number of esters is 1. The van der Waals surface area contributed by atoms with Crippen LogP contribution in [0.4, 0.5) is 0 Å². The first-order chi connectivity index (χ1) is 11.1. The van der Waals surface area contributed by atoms with Gasteiger partial charge in [0.25, 0.3) is 0 Å². The molecule has 0 aliphatic heterocycles. The minimum atomic E-state index is -0.559. The molecule has 2 aromatic heterocycles. The molecule has 0 radical (unpaired) electrons. The number of rotatable bonds is 5. The fourth-order valence-electron chi connectivity index (χ4n) is 1.97. The maximum Gasteiger partial charge on any atom is 0.360 e. The largest absolute Gasteiger partial charge is 0.485 e. The lowest BCUT2D eigenvalue weighted by atomic mass is 10.2. The number of nitrogen functional groups attached to an aromatic ring is 1. The van der Waals surface area contributed by atoms with E-state index in [2.05, 4.69) is 9.89 Å². The number of benzene rings is 1. The van der Waals surface area contributed by atoms with E-state index in [0.717, 1.165) is 15.0 Å². The van der Waals surface area contributed by atoms with E-state index in [1.165, 1.54) is 24.5 Å². The van der Waals surface area contributed by atoms with E-state index >= 15 is 0 Å². The summed E-state index contributed by atoms with van der Waals surface area (Å²) < 4.78 is 16.2. The number of nitrogens with one attached hydrogen (secondary N) is 1. The maximum absolute atomic E-state index is 11.3. The summed E-state index contributed by atoms with van der Waals surface area (Å²) in [7, 11) is 1.28. The van der Waals surface area contributed by atoms with E-state index in [9.17, 15) is 4.79 Å². The molecule has 2 heterocycles. The summed E-state index contributed by atoms with van der Waals surface area (Å²) in [6.07, 6.45) is 0. The molecule has 7 nitrogen and oxygen atoms in total. The molecule has 0 aliphatic carbocycles. The number of fused-ring (bicyclic) bond motifs is 1. The summed E-state index contributed by atoms with van der Waals surface area (Å²) in [5, 5.41) is 12.1. The van der Waals surface area contributed by atoms with Gasteiger partial charge >= 0.3 is 5.97 Å². The number of carbonyl (C=O) groups excluding carboxylic acids is 1. The predicted molar refractivity (Wildman–Crippen MR) is 85.0 cm³/mol. The predicted octanol–water partition coefficient (Wildman–Crippen LogP) is 2.54. The molecular formula is C15H13N3O4S. The fraction of sp³-hybridized carbons (Fsp3) is 0.133. The van der Waals surface area contributed by atoms with Crippen LogP contribution in [0.1, 0.15) is 21.1 Å². The van der Waals surface area contributed by atoms with Gasteiger partial charge in [-0.1, -0.05) is 5.16 Å². The summed E-state index contributed by atoms with van der Waals surface area (Å²) in [6.45, 7) is 0.139. The number of ether oxygens (including phenoxy) is 2. The molecule has 3 rings (SSSR count). The van der Waals surface area contributed by atoms with Gasteiger partial charge in [-0.15, -0.1) is 11.3 Å². The molecule has 0 atom stereocenters. The van der Waals surface area contributed by atoms with Gasteiger partial charge in [0.15, 0.2) is 11.5 Å². The van der Waals surface area contributed by atoms with Crippen LogP contribution in [0.5, 0.6) is 5.75 Å². The smallest absolute Gasteiger partial charge is 0.360 e. The van der Waals surface area contributed by atoms with E-state index in [-0.39, 0.29) is 18.1 Å². The Morgan fingerprint density at radius 1 is 1.39 bits per heavy atom. The molecule has 3 aromatic rings. The Bertz CT molecular complexity index is 884. The van der Waals surface area contributed by atoms with Gasteiger partial charge in [-0.2, -0.15) is 0 Å². The summed E-state index contributed by atoms with van der Waals surface area (Å²) in [5.74, 6) is 0.550. The lowest BCUT2D eigenvalue weighted by Gasteiger charge is -2.03. The topological polar surface area (TPSA) is 111 Å². The highest BCUT2D eigenvalue weighted by Gasteiger charge is 2.13. The molecule has 23 heavy (non-hydrogen) atoms. The molecule has 0 amide bonds. The van der Waals surface area contributed by atoms with Crippen molar-refractivity contribution in [3.05, 3.63) is 46.7 Å². The van der Waals surface area contributed by atoms with Crippen molar-refractivity contribution in [3.8, 4) is 5.75 Å². The number of nitrogens with two attached hydrogens (primary N) is 1. The number of thiophene rings is 1. The average Bonchev–Trinajstić information content (AvgIpc) is 3.18. The first-order valence-corrected chi connectivity index (χ1v) is 7.43. The Balaban J connectivity index is 1.72. The van der Waals surface area contributed by atoms with E-state index in [1.54, 1.807) is 0 Å². The van der Waals surface area contributed by atoms with Crippen molar-refractivity contribution < 1.29 is 18.8 Å².